The first-order valence-electron chi connectivity index (χ1n) is 14.3. The van der Waals surface area contributed by atoms with Crippen LogP contribution in [-0.4, -0.2) is 46.9 Å². The molecule has 0 aromatic rings. The van der Waals surface area contributed by atoms with Crippen molar-refractivity contribution in [3.8, 4) is 0 Å². The van der Waals surface area contributed by atoms with Crippen molar-refractivity contribution < 1.29 is 33.8 Å². The summed E-state index contributed by atoms with van der Waals surface area (Å²) in [5.74, 6) is -0.668. The highest BCUT2D eigenvalue weighted by Crippen LogP contribution is 2.69. The second-order valence-electron chi connectivity index (χ2n) is 12.5. The number of aliphatic hydroxyl groups excluding tert-OH is 1. The van der Waals surface area contributed by atoms with Gasteiger partial charge < -0.3 is 14.6 Å². The maximum atomic E-state index is 13.9. The van der Waals surface area contributed by atoms with Crippen molar-refractivity contribution in [3.05, 3.63) is 11.6 Å². The van der Waals surface area contributed by atoms with Gasteiger partial charge in [-0.25, -0.2) is 0 Å². The van der Waals surface area contributed by atoms with Crippen molar-refractivity contribution in [2.24, 2.45) is 34.5 Å². The minimum atomic E-state index is -1.43. The number of carbonyl (C=O) groups is 4. The van der Waals surface area contributed by atoms with E-state index in [1.807, 2.05) is 26.8 Å². The average Bonchev–Trinajstić information content (AvgIpc) is 3.11. The summed E-state index contributed by atoms with van der Waals surface area (Å²) < 4.78 is 11.4. The van der Waals surface area contributed by atoms with E-state index in [1.165, 1.54) is 0 Å². The second kappa shape index (κ2) is 10.3. The zero-order valence-corrected chi connectivity index (χ0v) is 23.1. The zero-order valence-electron chi connectivity index (χ0n) is 23.1. The fourth-order valence-electron chi connectivity index (χ4n) is 8.78. The molecule has 3 saturated carbocycles. The molecule has 0 amide bonds. The van der Waals surface area contributed by atoms with Crippen molar-refractivity contribution in [1.29, 1.82) is 0 Å². The van der Waals surface area contributed by atoms with Crippen LogP contribution in [0.1, 0.15) is 98.8 Å². The zero-order chi connectivity index (χ0) is 27.2. The predicted octanol–water partition coefficient (Wildman–Crippen LogP) is 4.73. The molecule has 7 nitrogen and oxygen atoms in total. The van der Waals surface area contributed by atoms with E-state index < -0.39 is 35.7 Å². The van der Waals surface area contributed by atoms with Crippen molar-refractivity contribution >= 4 is 23.5 Å². The van der Waals surface area contributed by atoms with Gasteiger partial charge in [-0.05, 0) is 80.1 Å². The summed E-state index contributed by atoms with van der Waals surface area (Å²) in [6.07, 6.45) is 6.25. The smallest absolute Gasteiger partial charge is 0.306 e. The van der Waals surface area contributed by atoms with E-state index in [0.29, 0.717) is 38.5 Å². The Morgan fingerprint density at radius 1 is 1.08 bits per heavy atom. The van der Waals surface area contributed by atoms with E-state index in [4.69, 9.17) is 9.47 Å². The minimum Gasteiger partial charge on any atom is -0.457 e. The van der Waals surface area contributed by atoms with E-state index in [9.17, 15) is 24.3 Å². The van der Waals surface area contributed by atoms with Gasteiger partial charge in [0.15, 0.2) is 18.0 Å². The molecule has 8 atom stereocenters. The molecule has 0 spiro atoms. The minimum absolute atomic E-state index is 0.0132. The van der Waals surface area contributed by atoms with Gasteiger partial charge in [-0.3, -0.25) is 19.2 Å². The Balaban J connectivity index is 1.70. The molecular formula is C30H44O7. The first-order valence-corrected chi connectivity index (χ1v) is 14.3. The van der Waals surface area contributed by atoms with Crippen LogP contribution >= 0.6 is 0 Å². The molecule has 0 heterocycles. The number of carbonyl (C=O) groups excluding carboxylic acids is 4. The standard InChI is InChI=1S/C30H44O7/c1-6-8-25(34)36-17-24(33)30(37-26(35)9-7-2)13-11-21-20-14-18(3)22-15-19(31)10-12-28(22,4)27(20)23(32)16-29(21,30)5/h15,18,20-21,23,27,32H,6-14,16-17H2,1-5H3/t18-,20-,21-,23-,27+,28-,29-,30-/m0/s1. The molecule has 0 aromatic heterocycles. The van der Waals surface area contributed by atoms with Crippen molar-refractivity contribution in [2.45, 2.75) is 111 Å². The number of hydrogen-bond donors (Lipinski definition) is 1. The van der Waals surface area contributed by atoms with E-state index in [2.05, 4.69) is 13.8 Å². The molecule has 0 unspecified atom stereocenters. The lowest BCUT2D eigenvalue weighted by Crippen LogP contribution is -2.63. The number of ether oxygens (including phenoxy) is 2. The van der Waals surface area contributed by atoms with Gasteiger partial charge in [-0.15, -0.1) is 0 Å². The van der Waals surface area contributed by atoms with Crippen molar-refractivity contribution in [3.63, 3.8) is 0 Å². The molecule has 4 rings (SSSR count). The summed E-state index contributed by atoms with van der Waals surface area (Å²) in [6.45, 7) is 9.70. The molecule has 4 aliphatic rings. The Morgan fingerprint density at radius 3 is 2.43 bits per heavy atom. The first kappa shape index (κ1) is 28.0. The fourth-order valence-corrected chi connectivity index (χ4v) is 8.78. The van der Waals surface area contributed by atoms with Gasteiger partial charge in [0.05, 0.1) is 6.10 Å². The highest BCUT2D eigenvalue weighted by molar-refractivity contribution is 5.93. The maximum absolute atomic E-state index is 13.9. The quantitative estimate of drug-likeness (QED) is 0.465. The summed E-state index contributed by atoms with van der Waals surface area (Å²) in [5.41, 5.74) is -1.30. The lowest BCUT2D eigenvalue weighted by atomic mass is 9.44. The van der Waals surface area contributed by atoms with Gasteiger partial charge in [0.25, 0.3) is 0 Å². The SMILES string of the molecule is CCCC(=O)OCC(=O)[C@@]1(OC(=O)CCC)CC[C@H]2[C@@H]3C[C@H](C)C4=CC(=O)CC[C@]4(C)[C@H]3[C@@H](O)C[C@@]21C. The van der Waals surface area contributed by atoms with Gasteiger partial charge in [-0.2, -0.15) is 0 Å². The number of aliphatic hydroxyl groups is 1. The third-order valence-corrected chi connectivity index (χ3v) is 10.3. The molecule has 7 heteroatoms. The van der Waals surface area contributed by atoms with Gasteiger partial charge in [-0.1, -0.05) is 40.2 Å². The summed E-state index contributed by atoms with van der Waals surface area (Å²) in [5, 5.41) is 11.8. The molecule has 4 aliphatic carbocycles. The predicted molar refractivity (Wildman–Crippen MR) is 137 cm³/mol. The highest BCUT2D eigenvalue weighted by Gasteiger charge is 2.71. The summed E-state index contributed by atoms with van der Waals surface area (Å²) in [7, 11) is 0. The average molecular weight is 517 g/mol. The van der Waals surface area contributed by atoms with Crippen molar-refractivity contribution in [1.82, 2.24) is 0 Å². The fraction of sp³-hybridized carbons (Fsp3) is 0.800. The van der Waals surface area contributed by atoms with Crippen LogP contribution in [0.15, 0.2) is 11.6 Å². The molecular weight excluding hydrogens is 472 g/mol. The Labute approximate surface area is 220 Å². The number of Topliss-reactive ketones (excluding diaryl/α,β-unsaturated/α-hetero) is 1. The molecule has 206 valence electrons. The van der Waals surface area contributed by atoms with Crippen LogP contribution in [0.4, 0.5) is 0 Å². The molecule has 0 bridgehead atoms. The molecule has 0 saturated heterocycles. The number of esters is 2. The topological polar surface area (TPSA) is 107 Å². The molecule has 0 aliphatic heterocycles. The Kier molecular flexibility index (Phi) is 7.77. The third kappa shape index (κ3) is 4.49. The normalized spacial score (nSPS) is 40.6. The van der Waals surface area contributed by atoms with E-state index in [-0.39, 0.29) is 53.5 Å². The molecule has 0 radical (unpaired) electrons. The van der Waals surface area contributed by atoms with Crippen LogP contribution in [0.3, 0.4) is 0 Å². The second-order valence-corrected chi connectivity index (χ2v) is 12.5. The van der Waals surface area contributed by atoms with Crippen molar-refractivity contribution in [2.75, 3.05) is 6.61 Å². The monoisotopic (exact) mass is 516 g/mol. The molecule has 37 heavy (non-hydrogen) atoms. The van der Waals surface area contributed by atoms with Gasteiger partial charge >= 0.3 is 11.9 Å². The van der Waals surface area contributed by atoms with Gasteiger partial charge in [0.2, 0.25) is 5.78 Å². The molecule has 1 N–H and O–H groups in total. The van der Waals surface area contributed by atoms with Crippen LogP contribution in [0.2, 0.25) is 0 Å². The summed E-state index contributed by atoms with van der Waals surface area (Å²) >= 11 is 0. The van der Waals surface area contributed by atoms with E-state index in [1.54, 1.807) is 0 Å². The lowest BCUT2D eigenvalue weighted by molar-refractivity contribution is -0.204. The highest BCUT2D eigenvalue weighted by atomic mass is 16.6. The number of rotatable bonds is 8. The van der Waals surface area contributed by atoms with Crippen LogP contribution in [0.5, 0.6) is 0 Å². The Hall–Kier alpha value is -2.02. The number of fused-ring (bicyclic) bond motifs is 5. The summed E-state index contributed by atoms with van der Waals surface area (Å²) in [6, 6.07) is 0. The number of hydrogen-bond acceptors (Lipinski definition) is 7. The van der Waals surface area contributed by atoms with Crippen LogP contribution < -0.4 is 0 Å². The number of ketones is 2. The maximum Gasteiger partial charge on any atom is 0.306 e. The van der Waals surface area contributed by atoms with Gasteiger partial charge in [0.1, 0.15) is 0 Å². The van der Waals surface area contributed by atoms with E-state index in [0.717, 1.165) is 18.4 Å². The van der Waals surface area contributed by atoms with E-state index >= 15 is 0 Å². The largest absolute Gasteiger partial charge is 0.457 e. The molecule has 0 aromatic carbocycles. The van der Waals surface area contributed by atoms with Crippen LogP contribution in [0, 0.1) is 34.5 Å². The Bertz CT molecular complexity index is 984. The Morgan fingerprint density at radius 2 is 1.76 bits per heavy atom. The molecule has 3 fully saturated rings. The third-order valence-electron chi connectivity index (χ3n) is 10.3. The van der Waals surface area contributed by atoms with Crippen LogP contribution in [-0.2, 0) is 28.7 Å². The van der Waals surface area contributed by atoms with Gasteiger partial charge in [0, 0.05) is 24.7 Å². The van der Waals surface area contributed by atoms with Crippen LogP contribution in [0.25, 0.3) is 0 Å². The summed E-state index contributed by atoms with van der Waals surface area (Å²) in [4.78, 5) is 51.1. The lowest BCUT2D eigenvalue weighted by Gasteiger charge is -2.62. The first-order chi connectivity index (χ1) is 17.4. The number of allylic oxidation sites excluding steroid dienone is 1.